The summed E-state index contributed by atoms with van der Waals surface area (Å²) >= 11 is 3.48. The van der Waals surface area contributed by atoms with Gasteiger partial charge >= 0.3 is 0 Å². The zero-order valence-corrected chi connectivity index (χ0v) is 9.89. The highest BCUT2D eigenvalue weighted by Gasteiger charge is 2.15. The maximum atomic E-state index is 3.55. The van der Waals surface area contributed by atoms with E-state index in [0.717, 1.165) is 11.0 Å². The minimum Gasteiger partial charge on any atom is -0.381 e. The van der Waals surface area contributed by atoms with Gasteiger partial charge < -0.3 is 10.6 Å². The van der Waals surface area contributed by atoms with Gasteiger partial charge in [-0.15, -0.1) is 0 Å². The van der Waals surface area contributed by atoms with Crippen molar-refractivity contribution in [2.24, 2.45) is 0 Å². The second-order valence-electron chi connectivity index (χ2n) is 3.70. The van der Waals surface area contributed by atoms with Crippen LogP contribution in [0.3, 0.4) is 0 Å². The van der Waals surface area contributed by atoms with Crippen LogP contribution in [0.1, 0.15) is 19.8 Å². The maximum absolute atomic E-state index is 3.55. The van der Waals surface area contributed by atoms with E-state index in [0.29, 0.717) is 6.04 Å². The van der Waals surface area contributed by atoms with E-state index in [9.17, 15) is 0 Å². The molecule has 2 nitrogen and oxygen atoms in total. The van der Waals surface area contributed by atoms with Crippen molar-refractivity contribution < 1.29 is 0 Å². The minimum atomic E-state index is 0.571. The molecule has 0 aromatic heterocycles. The second kappa shape index (κ2) is 4.22. The Morgan fingerprint density at radius 1 is 1.43 bits per heavy atom. The molecule has 1 unspecified atom stereocenters. The van der Waals surface area contributed by atoms with Crippen LogP contribution in [0.2, 0.25) is 0 Å². The van der Waals surface area contributed by atoms with E-state index in [-0.39, 0.29) is 0 Å². The zero-order chi connectivity index (χ0) is 9.97. The summed E-state index contributed by atoms with van der Waals surface area (Å²) in [5.41, 5.74) is 2.42. The van der Waals surface area contributed by atoms with Gasteiger partial charge in [-0.05, 0) is 24.6 Å². The Morgan fingerprint density at radius 2 is 2.29 bits per heavy atom. The van der Waals surface area contributed by atoms with Crippen LogP contribution in [0.15, 0.2) is 22.7 Å². The van der Waals surface area contributed by atoms with Gasteiger partial charge in [-0.3, -0.25) is 0 Å². The molecule has 0 aliphatic carbocycles. The van der Waals surface area contributed by atoms with Crippen molar-refractivity contribution in [2.45, 2.75) is 25.8 Å². The largest absolute Gasteiger partial charge is 0.381 e. The first-order chi connectivity index (χ1) is 6.79. The van der Waals surface area contributed by atoms with Crippen LogP contribution >= 0.6 is 15.9 Å². The first kappa shape index (κ1) is 9.84. The van der Waals surface area contributed by atoms with Gasteiger partial charge in [-0.2, -0.15) is 0 Å². The smallest absolute Gasteiger partial charge is 0.0590 e. The topological polar surface area (TPSA) is 24.1 Å². The van der Waals surface area contributed by atoms with Gasteiger partial charge in [0.05, 0.1) is 11.4 Å². The number of hydrogen-bond donors (Lipinski definition) is 2. The van der Waals surface area contributed by atoms with E-state index in [4.69, 9.17) is 0 Å². The van der Waals surface area contributed by atoms with Crippen molar-refractivity contribution in [3.8, 4) is 0 Å². The lowest BCUT2D eigenvalue weighted by Gasteiger charge is -2.28. The first-order valence-corrected chi connectivity index (χ1v) is 5.89. The standard InChI is InChI=1S/C11H15BrN2/c1-2-3-9-7-13-10-5-4-8(12)6-11(10)14-9/h4-6,9,13-14H,2-3,7H2,1H3. The van der Waals surface area contributed by atoms with E-state index in [1.165, 1.54) is 24.2 Å². The summed E-state index contributed by atoms with van der Waals surface area (Å²) in [6.45, 7) is 3.25. The van der Waals surface area contributed by atoms with Gasteiger partial charge in [0, 0.05) is 17.1 Å². The molecule has 1 aromatic rings. The van der Waals surface area contributed by atoms with Gasteiger partial charge in [0.1, 0.15) is 0 Å². The predicted octanol–water partition coefficient (Wildman–Crippen LogP) is 3.46. The maximum Gasteiger partial charge on any atom is 0.0590 e. The highest BCUT2D eigenvalue weighted by atomic mass is 79.9. The molecule has 0 saturated heterocycles. The van der Waals surface area contributed by atoms with E-state index in [1.54, 1.807) is 0 Å². The van der Waals surface area contributed by atoms with Crippen molar-refractivity contribution in [1.82, 2.24) is 0 Å². The van der Waals surface area contributed by atoms with Gasteiger partial charge in [-0.1, -0.05) is 29.3 Å². The molecule has 0 saturated carbocycles. The van der Waals surface area contributed by atoms with Crippen molar-refractivity contribution in [3.05, 3.63) is 22.7 Å². The molecule has 1 aliphatic heterocycles. The fourth-order valence-corrected chi connectivity index (χ4v) is 2.18. The predicted molar refractivity (Wildman–Crippen MR) is 65.0 cm³/mol. The first-order valence-electron chi connectivity index (χ1n) is 5.09. The molecule has 1 heterocycles. The molecule has 76 valence electrons. The Kier molecular flexibility index (Phi) is 2.96. The summed E-state index contributed by atoms with van der Waals surface area (Å²) in [5.74, 6) is 0. The Hall–Kier alpha value is -0.700. The summed E-state index contributed by atoms with van der Waals surface area (Å²) in [6, 6.07) is 6.87. The fourth-order valence-electron chi connectivity index (χ4n) is 1.82. The Morgan fingerprint density at radius 3 is 3.07 bits per heavy atom. The zero-order valence-electron chi connectivity index (χ0n) is 8.31. The molecule has 2 rings (SSSR count). The summed E-state index contributed by atoms with van der Waals surface area (Å²) in [7, 11) is 0. The van der Waals surface area contributed by atoms with Crippen LogP contribution in [-0.4, -0.2) is 12.6 Å². The van der Waals surface area contributed by atoms with Crippen molar-refractivity contribution in [1.29, 1.82) is 0 Å². The minimum absolute atomic E-state index is 0.571. The van der Waals surface area contributed by atoms with Crippen LogP contribution in [0.25, 0.3) is 0 Å². The third kappa shape index (κ3) is 2.03. The van der Waals surface area contributed by atoms with Crippen LogP contribution in [0.4, 0.5) is 11.4 Å². The molecular weight excluding hydrogens is 240 g/mol. The van der Waals surface area contributed by atoms with Crippen LogP contribution in [0, 0.1) is 0 Å². The lowest BCUT2D eigenvalue weighted by molar-refractivity contribution is 0.655. The SMILES string of the molecule is CCCC1CNc2ccc(Br)cc2N1. The number of fused-ring (bicyclic) bond motifs is 1. The number of halogens is 1. The fraction of sp³-hybridized carbons (Fsp3) is 0.455. The Bertz CT molecular complexity index is 325. The van der Waals surface area contributed by atoms with Gasteiger partial charge in [-0.25, -0.2) is 0 Å². The van der Waals surface area contributed by atoms with Gasteiger partial charge in [0.15, 0.2) is 0 Å². The van der Waals surface area contributed by atoms with E-state index in [2.05, 4.69) is 51.7 Å². The Balaban J connectivity index is 2.16. The van der Waals surface area contributed by atoms with Crippen molar-refractivity contribution >= 4 is 27.3 Å². The van der Waals surface area contributed by atoms with Gasteiger partial charge in [0.25, 0.3) is 0 Å². The van der Waals surface area contributed by atoms with E-state index in [1.807, 2.05) is 0 Å². The molecule has 3 heteroatoms. The van der Waals surface area contributed by atoms with Crippen molar-refractivity contribution in [2.75, 3.05) is 17.2 Å². The average Bonchev–Trinajstić information content (AvgIpc) is 2.17. The summed E-state index contributed by atoms with van der Waals surface area (Å²) in [4.78, 5) is 0. The summed E-state index contributed by atoms with van der Waals surface area (Å²) in [5, 5.41) is 6.99. The van der Waals surface area contributed by atoms with Gasteiger partial charge in [0.2, 0.25) is 0 Å². The molecular formula is C11H15BrN2. The van der Waals surface area contributed by atoms with Crippen LogP contribution in [-0.2, 0) is 0 Å². The molecule has 0 bridgehead atoms. The highest BCUT2D eigenvalue weighted by Crippen LogP contribution is 2.29. The quantitative estimate of drug-likeness (QED) is 0.845. The number of hydrogen-bond acceptors (Lipinski definition) is 2. The molecule has 0 amide bonds. The Labute approximate surface area is 93.2 Å². The number of rotatable bonds is 2. The highest BCUT2D eigenvalue weighted by molar-refractivity contribution is 9.10. The van der Waals surface area contributed by atoms with Crippen LogP contribution < -0.4 is 10.6 Å². The third-order valence-corrected chi connectivity index (χ3v) is 3.01. The molecule has 1 aromatic carbocycles. The molecule has 0 fully saturated rings. The number of anilines is 2. The lowest BCUT2D eigenvalue weighted by Crippen LogP contribution is -2.32. The van der Waals surface area contributed by atoms with E-state index < -0.39 is 0 Å². The van der Waals surface area contributed by atoms with Crippen molar-refractivity contribution in [3.63, 3.8) is 0 Å². The number of nitrogens with one attached hydrogen (secondary N) is 2. The molecule has 14 heavy (non-hydrogen) atoms. The molecule has 1 atom stereocenters. The van der Waals surface area contributed by atoms with Crippen LogP contribution in [0.5, 0.6) is 0 Å². The monoisotopic (exact) mass is 254 g/mol. The molecule has 1 aliphatic rings. The molecule has 0 spiro atoms. The third-order valence-electron chi connectivity index (χ3n) is 2.52. The summed E-state index contributed by atoms with van der Waals surface area (Å²) < 4.78 is 1.13. The number of benzene rings is 1. The molecule has 2 N–H and O–H groups in total. The lowest BCUT2D eigenvalue weighted by atomic mass is 10.1. The molecule has 0 radical (unpaired) electrons. The summed E-state index contributed by atoms with van der Waals surface area (Å²) in [6.07, 6.45) is 2.45. The normalized spacial score (nSPS) is 19.4. The van der Waals surface area contributed by atoms with E-state index >= 15 is 0 Å². The average molecular weight is 255 g/mol. The second-order valence-corrected chi connectivity index (χ2v) is 4.62.